The van der Waals surface area contributed by atoms with Crippen molar-refractivity contribution < 1.29 is 14.3 Å². The quantitative estimate of drug-likeness (QED) is 0.0443. The topological polar surface area (TPSA) is 30.9 Å². The largest absolute Gasteiger partial charge is 0.344 e. The molecule has 1 saturated carbocycles. The second kappa shape index (κ2) is 27.7. The van der Waals surface area contributed by atoms with Crippen LogP contribution in [-0.2, 0) is 14.3 Å². The Kier molecular flexibility index (Phi) is 24.7. The van der Waals surface area contributed by atoms with Crippen molar-refractivity contribution in [1.82, 2.24) is 5.06 Å². The Balaban J connectivity index is 1.59. The van der Waals surface area contributed by atoms with E-state index >= 15 is 0 Å². The van der Waals surface area contributed by atoms with Crippen LogP contribution in [0.25, 0.3) is 0 Å². The molecule has 1 unspecified atom stereocenters. The molecule has 0 radical (unpaired) electrons. The first-order valence-electron chi connectivity index (χ1n) is 19.9. The normalized spacial score (nSPS) is 21.4. The van der Waals surface area contributed by atoms with Crippen LogP contribution in [0.5, 0.6) is 0 Å². The molecule has 0 aromatic heterocycles. The number of unbranched alkanes of at least 4 members (excludes halogenated alkanes) is 16. The van der Waals surface area contributed by atoms with Crippen LogP contribution in [0.4, 0.5) is 0 Å². The van der Waals surface area contributed by atoms with Crippen molar-refractivity contribution in [3.63, 3.8) is 0 Å². The lowest BCUT2D eigenvalue weighted by molar-refractivity contribution is -0.213. The summed E-state index contributed by atoms with van der Waals surface area (Å²) < 4.78 is 13.6. The third kappa shape index (κ3) is 20.2. The molecule has 0 aromatic carbocycles. The summed E-state index contributed by atoms with van der Waals surface area (Å²) in [5.74, 6) is -0.357. The van der Waals surface area contributed by atoms with E-state index in [0.29, 0.717) is 0 Å². The fourth-order valence-electron chi connectivity index (χ4n) is 6.88. The van der Waals surface area contributed by atoms with Gasteiger partial charge in [0.05, 0.1) is 18.3 Å². The first kappa shape index (κ1) is 41.0. The minimum absolute atomic E-state index is 0.199. The van der Waals surface area contributed by atoms with Gasteiger partial charge >= 0.3 is 0 Å². The van der Waals surface area contributed by atoms with Gasteiger partial charge in [-0.1, -0.05) is 140 Å². The molecule has 2 fully saturated rings. The van der Waals surface area contributed by atoms with Gasteiger partial charge in [-0.2, -0.15) is 5.06 Å². The highest BCUT2D eigenvalue weighted by Crippen LogP contribution is 2.44. The lowest BCUT2D eigenvalue weighted by Gasteiger charge is -2.30. The number of hydroxylamine groups is 2. The second-order valence-corrected chi connectivity index (χ2v) is 14.2. The van der Waals surface area contributed by atoms with Crippen LogP contribution < -0.4 is 0 Å². The van der Waals surface area contributed by atoms with Crippen molar-refractivity contribution in [2.75, 3.05) is 14.1 Å². The smallest absolute Gasteiger partial charge is 0.169 e. The van der Waals surface area contributed by atoms with E-state index in [9.17, 15) is 0 Å². The summed E-state index contributed by atoms with van der Waals surface area (Å²) in [5, 5.41) is 1.82. The minimum Gasteiger partial charge on any atom is -0.344 e. The molecule has 0 N–H and O–H groups in total. The monoisotopic (exact) mass is 642 g/mol. The van der Waals surface area contributed by atoms with Crippen LogP contribution >= 0.6 is 0 Å². The molecule has 1 aliphatic heterocycles. The molecule has 1 aliphatic carbocycles. The number of ether oxygens (including phenoxy) is 2. The van der Waals surface area contributed by atoms with Crippen LogP contribution in [0.1, 0.15) is 181 Å². The van der Waals surface area contributed by atoms with Crippen molar-refractivity contribution in [3.05, 3.63) is 48.6 Å². The Morgan fingerprint density at radius 3 is 1.28 bits per heavy atom. The van der Waals surface area contributed by atoms with E-state index in [-0.39, 0.29) is 24.1 Å². The lowest BCUT2D eigenvalue weighted by atomic mass is 9.98. The van der Waals surface area contributed by atoms with Gasteiger partial charge in [0.25, 0.3) is 0 Å². The van der Waals surface area contributed by atoms with E-state index < -0.39 is 0 Å². The van der Waals surface area contributed by atoms with Crippen molar-refractivity contribution in [2.45, 2.75) is 205 Å². The van der Waals surface area contributed by atoms with Crippen LogP contribution in [0.15, 0.2) is 48.6 Å². The Hall–Kier alpha value is -1.20. The summed E-state index contributed by atoms with van der Waals surface area (Å²) in [6.45, 7) is 4.51. The molecule has 0 amide bonds. The minimum atomic E-state index is -0.357. The first-order chi connectivity index (χ1) is 22.6. The third-order valence-electron chi connectivity index (χ3n) is 9.51. The van der Waals surface area contributed by atoms with Gasteiger partial charge < -0.3 is 9.47 Å². The SMILES string of the molecule is CCCC/C=C\C/C=C\CCCCCCCCC1(CCCCCCCC/C=C\C/C=C\CCCC)O[C@H]2CC(ON(C)C)C[C@H]2O1. The van der Waals surface area contributed by atoms with Gasteiger partial charge in [-0.25, -0.2) is 0 Å². The summed E-state index contributed by atoms with van der Waals surface area (Å²) in [6.07, 6.45) is 51.3. The molecule has 266 valence electrons. The van der Waals surface area contributed by atoms with Gasteiger partial charge in [-0.3, -0.25) is 4.84 Å². The Labute approximate surface area is 286 Å². The van der Waals surface area contributed by atoms with Crippen LogP contribution in [0.2, 0.25) is 0 Å². The lowest BCUT2D eigenvalue weighted by Crippen LogP contribution is -2.33. The summed E-state index contributed by atoms with van der Waals surface area (Å²) in [4.78, 5) is 5.96. The molecule has 2 aliphatic rings. The van der Waals surface area contributed by atoms with Crippen LogP contribution in [0.3, 0.4) is 0 Å². The zero-order chi connectivity index (χ0) is 33.0. The van der Waals surface area contributed by atoms with Crippen LogP contribution in [0, 0.1) is 0 Å². The highest BCUT2D eigenvalue weighted by Gasteiger charge is 2.51. The Morgan fingerprint density at radius 2 is 0.891 bits per heavy atom. The molecular formula is C42H75NO3. The molecule has 0 bridgehead atoms. The van der Waals surface area contributed by atoms with E-state index in [4.69, 9.17) is 14.3 Å². The number of nitrogens with zero attached hydrogens (tertiary/aromatic N) is 1. The number of fused-ring (bicyclic) bond motifs is 1. The third-order valence-corrected chi connectivity index (χ3v) is 9.51. The predicted octanol–water partition coefficient (Wildman–Crippen LogP) is 12.7. The predicted molar refractivity (Wildman–Crippen MR) is 199 cm³/mol. The average Bonchev–Trinajstić information content (AvgIpc) is 3.55. The van der Waals surface area contributed by atoms with Gasteiger partial charge in [0.1, 0.15) is 0 Å². The molecule has 46 heavy (non-hydrogen) atoms. The molecule has 0 spiro atoms. The summed E-state index contributed by atoms with van der Waals surface area (Å²) >= 11 is 0. The molecule has 3 atom stereocenters. The average molecular weight is 642 g/mol. The molecule has 1 saturated heterocycles. The second-order valence-electron chi connectivity index (χ2n) is 14.2. The van der Waals surface area contributed by atoms with Gasteiger partial charge in [0.15, 0.2) is 5.79 Å². The number of allylic oxidation sites excluding steroid dienone is 8. The van der Waals surface area contributed by atoms with Crippen LogP contribution in [-0.4, -0.2) is 43.3 Å². The maximum Gasteiger partial charge on any atom is 0.169 e. The Morgan fingerprint density at radius 1 is 0.522 bits per heavy atom. The fourth-order valence-corrected chi connectivity index (χ4v) is 6.88. The van der Waals surface area contributed by atoms with Crippen molar-refractivity contribution in [3.8, 4) is 0 Å². The van der Waals surface area contributed by atoms with E-state index in [0.717, 1.165) is 38.5 Å². The van der Waals surface area contributed by atoms with Crippen molar-refractivity contribution in [1.29, 1.82) is 0 Å². The van der Waals surface area contributed by atoms with Gasteiger partial charge in [-0.05, 0) is 64.2 Å². The number of hydrogen-bond acceptors (Lipinski definition) is 4. The molecule has 2 rings (SSSR count). The summed E-state index contributed by atoms with van der Waals surface area (Å²) in [5.41, 5.74) is 0. The molecule has 1 heterocycles. The van der Waals surface area contributed by atoms with Gasteiger partial charge in [0, 0.05) is 39.8 Å². The maximum atomic E-state index is 6.78. The fraction of sp³-hybridized carbons (Fsp3) is 0.810. The van der Waals surface area contributed by atoms with E-state index in [1.165, 1.54) is 128 Å². The highest BCUT2D eigenvalue weighted by molar-refractivity contribution is 4.95. The van der Waals surface area contributed by atoms with Crippen molar-refractivity contribution in [2.24, 2.45) is 0 Å². The molecule has 4 heteroatoms. The molecule has 4 nitrogen and oxygen atoms in total. The summed E-state index contributed by atoms with van der Waals surface area (Å²) in [6, 6.07) is 0. The van der Waals surface area contributed by atoms with Gasteiger partial charge in [0.2, 0.25) is 0 Å². The first-order valence-corrected chi connectivity index (χ1v) is 19.9. The zero-order valence-electron chi connectivity index (χ0n) is 30.9. The standard InChI is InChI=1S/C42H75NO3/c1-5-7-9-11-13-15-17-19-21-23-25-27-29-31-33-35-42(44-40-37-39(46-43(3)4)38-41(40)45-42)36-34-32-30-28-26-24-22-20-18-16-14-12-10-8-6-2/h11-14,17-20,39-41H,5-10,15-16,21-38H2,1-4H3/b13-11-,14-12-,19-17-,20-18-/t39?,40-,41+. The van der Waals surface area contributed by atoms with Gasteiger partial charge in [-0.15, -0.1) is 0 Å². The maximum absolute atomic E-state index is 6.78. The van der Waals surface area contributed by atoms with Crippen molar-refractivity contribution >= 4 is 0 Å². The Bertz CT molecular complexity index is 754. The molecular weight excluding hydrogens is 566 g/mol. The van der Waals surface area contributed by atoms with E-state index in [1.54, 1.807) is 0 Å². The van der Waals surface area contributed by atoms with E-state index in [2.05, 4.69) is 62.5 Å². The zero-order valence-corrected chi connectivity index (χ0v) is 30.9. The summed E-state index contributed by atoms with van der Waals surface area (Å²) in [7, 11) is 3.94. The van der Waals surface area contributed by atoms with E-state index in [1.807, 2.05) is 19.2 Å². The number of rotatable bonds is 30. The molecule has 0 aromatic rings. The highest BCUT2D eigenvalue weighted by atomic mass is 16.8. The number of hydrogen-bond donors (Lipinski definition) is 0.